The Hall–Kier alpha value is -1.71. The summed E-state index contributed by atoms with van der Waals surface area (Å²) in [5, 5.41) is 3.01. The molecule has 2 rings (SSSR count). The fourth-order valence-electron chi connectivity index (χ4n) is 2.50. The summed E-state index contributed by atoms with van der Waals surface area (Å²) < 4.78 is 5.46. The van der Waals surface area contributed by atoms with Crippen LogP contribution in [0.3, 0.4) is 0 Å². The summed E-state index contributed by atoms with van der Waals surface area (Å²) in [7, 11) is 0. The minimum absolute atomic E-state index is 0.0131. The van der Waals surface area contributed by atoms with E-state index in [0.29, 0.717) is 6.61 Å². The van der Waals surface area contributed by atoms with E-state index in [1.54, 1.807) is 0 Å². The summed E-state index contributed by atoms with van der Waals surface area (Å²) in [6, 6.07) is 5.78. The Kier molecular flexibility index (Phi) is 5.27. The Morgan fingerprint density at radius 2 is 1.95 bits per heavy atom. The molecule has 0 aromatic heterocycles. The minimum Gasteiger partial charge on any atom is -0.494 e. The van der Waals surface area contributed by atoms with Gasteiger partial charge >= 0.3 is 6.03 Å². The fraction of sp³-hybridized carbons (Fsp3) is 0.562. The molecule has 1 saturated heterocycles. The summed E-state index contributed by atoms with van der Waals surface area (Å²) in [5.41, 5.74) is 1.89. The number of likely N-dealkylation sites (tertiary alicyclic amines) is 1. The Morgan fingerprint density at radius 1 is 1.25 bits per heavy atom. The van der Waals surface area contributed by atoms with Crippen LogP contribution in [0.4, 0.5) is 10.5 Å². The average Bonchev–Trinajstić information content (AvgIpc) is 2.71. The molecule has 0 unspecified atom stereocenters. The number of nitrogens with zero attached hydrogens (tertiary/aromatic N) is 1. The van der Waals surface area contributed by atoms with Gasteiger partial charge in [-0.1, -0.05) is 12.8 Å². The second-order valence-corrected chi connectivity index (χ2v) is 5.24. The molecule has 1 aliphatic heterocycles. The quantitative estimate of drug-likeness (QED) is 0.912. The van der Waals surface area contributed by atoms with Gasteiger partial charge in [-0.2, -0.15) is 0 Å². The topological polar surface area (TPSA) is 41.6 Å². The normalized spacial score (nSPS) is 15.6. The molecule has 4 nitrogen and oxygen atoms in total. The number of rotatable bonds is 3. The van der Waals surface area contributed by atoms with E-state index in [1.807, 2.05) is 36.9 Å². The van der Waals surface area contributed by atoms with Crippen molar-refractivity contribution < 1.29 is 9.53 Å². The molecule has 1 heterocycles. The predicted molar refractivity (Wildman–Crippen MR) is 81.4 cm³/mol. The van der Waals surface area contributed by atoms with Crippen LogP contribution in [0.15, 0.2) is 18.2 Å². The third-order valence-electron chi connectivity index (χ3n) is 3.64. The number of carbonyl (C=O) groups excluding carboxylic acids is 1. The lowest BCUT2D eigenvalue weighted by Gasteiger charge is -2.21. The second kappa shape index (κ2) is 7.17. The summed E-state index contributed by atoms with van der Waals surface area (Å²) in [4.78, 5) is 14.2. The largest absolute Gasteiger partial charge is 0.494 e. The lowest BCUT2D eigenvalue weighted by molar-refractivity contribution is 0.213. The molecule has 0 saturated carbocycles. The van der Waals surface area contributed by atoms with E-state index in [2.05, 4.69) is 5.32 Å². The fourth-order valence-corrected chi connectivity index (χ4v) is 2.50. The van der Waals surface area contributed by atoms with Crippen molar-refractivity contribution in [3.63, 3.8) is 0 Å². The summed E-state index contributed by atoms with van der Waals surface area (Å²) in [6.45, 7) is 6.33. The van der Waals surface area contributed by atoms with Crippen molar-refractivity contribution in [2.75, 3.05) is 25.0 Å². The molecule has 2 amide bonds. The van der Waals surface area contributed by atoms with Gasteiger partial charge in [0.05, 0.1) is 6.61 Å². The lowest BCUT2D eigenvalue weighted by atomic mass is 10.2. The molecular weight excluding hydrogens is 252 g/mol. The highest BCUT2D eigenvalue weighted by Crippen LogP contribution is 2.22. The van der Waals surface area contributed by atoms with Crippen LogP contribution in [0.1, 0.15) is 38.2 Å². The highest BCUT2D eigenvalue weighted by atomic mass is 16.5. The molecule has 110 valence electrons. The highest BCUT2D eigenvalue weighted by molar-refractivity contribution is 5.90. The molecule has 4 heteroatoms. The first-order chi connectivity index (χ1) is 9.70. The zero-order chi connectivity index (χ0) is 14.4. The Bertz CT molecular complexity index is 452. The van der Waals surface area contributed by atoms with E-state index in [4.69, 9.17) is 4.74 Å². The van der Waals surface area contributed by atoms with Crippen molar-refractivity contribution in [2.24, 2.45) is 0 Å². The number of carbonyl (C=O) groups is 1. The lowest BCUT2D eigenvalue weighted by Crippen LogP contribution is -2.35. The first-order valence-corrected chi connectivity index (χ1v) is 7.50. The molecule has 0 radical (unpaired) electrons. The molecule has 1 fully saturated rings. The van der Waals surface area contributed by atoms with Crippen molar-refractivity contribution in [1.29, 1.82) is 0 Å². The SMILES string of the molecule is CCOc1ccc(NC(=O)N2CCCCCC2)c(C)c1. The van der Waals surface area contributed by atoms with E-state index in [-0.39, 0.29) is 6.03 Å². The van der Waals surface area contributed by atoms with Gasteiger partial charge in [0, 0.05) is 18.8 Å². The molecule has 0 bridgehead atoms. The summed E-state index contributed by atoms with van der Waals surface area (Å²) >= 11 is 0. The van der Waals surface area contributed by atoms with Crippen molar-refractivity contribution >= 4 is 11.7 Å². The van der Waals surface area contributed by atoms with Gasteiger partial charge in [0.2, 0.25) is 0 Å². The van der Waals surface area contributed by atoms with Crippen LogP contribution in [0, 0.1) is 6.92 Å². The summed E-state index contributed by atoms with van der Waals surface area (Å²) in [6.07, 6.45) is 4.67. The molecule has 0 spiro atoms. The third kappa shape index (κ3) is 3.89. The minimum atomic E-state index is 0.0131. The van der Waals surface area contributed by atoms with Gasteiger partial charge < -0.3 is 15.0 Å². The van der Waals surface area contributed by atoms with Gasteiger partial charge in [-0.05, 0) is 50.5 Å². The maximum absolute atomic E-state index is 12.3. The molecule has 1 aromatic carbocycles. The molecule has 0 atom stereocenters. The monoisotopic (exact) mass is 276 g/mol. The van der Waals surface area contributed by atoms with Gasteiger partial charge in [0.15, 0.2) is 0 Å². The van der Waals surface area contributed by atoms with Crippen molar-refractivity contribution in [3.05, 3.63) is 23.8 Å². The standard InChI is InChI=1S/C16H24N2O2/c1-3-20-14-8-9-15(13(2)12-14)17-16(19)18-10-6-4-5-7-11-18/h8-9,12H,3-7,10-11H2,1-2H3,(H,17,19). The van der Waals surface area contributed by atoms with Crippen LogP contribution in [-0.2, 0) is 0 Å². The smallest absolute Gasteiger partial charge is 0.321 e. The number of nitrogens with one attached hydrogen (secondary N) is 1. The zero-order valence-corrected chi connectivity index (χ0v) is 12.4. The molecule has 1 aromatic rings. The number of hydrogen-bond acceptors (Lipinski definition) is 2. The van der Waals surface area contributed by atoms with Gasteiger partial charge in [-0.3, -0.25) is 0 Å². The number of aryl methyl sites for hydroxylation is 1. The number of amides is 2. The number of anilines is 1. The molecule has 20 heavy (non-hydrogen) atoms. The predicted octanol–water partition coefficient (Wildman–Crippen LogP) is 3.80. The number of hydrogen-bond donors (Lipinski definition) is 1. The molecular formula is C16H24N2O2. The Labute approximate surface area is 121 Å². The molecule has 1 aliphatic rings. The van der Waals surface area contributed by atoms with E-state index in [0.717, 1.165) is 42.9 Å². The average molecular weight is 276 g/mol. The first kappa shape index (κ1) is 14.7. The van der Waals surface area contributed by atoms with E-state index in [9.17, 15) is 4.79 Å². The zero-order valence-electron chi connectivity index (χ0n) is 12.4. The highest BCUT2D eigenvalue weighted by Gasteiger charge is 2.16. The van der Waals surface area contributed by atoms with Gasteiger partial charge in [0.25, 0.3) is 0 Å². The Morgan fingerprint density at radius 3 is 2.55 bits per heavy atom. The van der Waals surface area contributed by atoms with Crippen LogP contribution in [0.5, 0.6) is 5.75 Å². The van der Waals surface area contributed by atoms with E-state index >= 15 is 0 Å². The summed E-state index contributed by atoms with van der Waals surface area (Å²) in [5.74, 6) is 0.845. The van der Waals surface area contributed by atoms with Crippen molar-refractivity contribution in [3.8, 4) is 5.75 Å². The second-order valence-electron chi connectivity index (χ2n) is 5.24. The van der Waals surface area contributed by atoms with Crippen molar-refractivity contribution in [2.45, 2.75) is 39.5 Å². The molecule has 1 N–H and O–H groups in total. The van der Waals surface area contributed by atoms with Crippen LogP contribution in [0.25, 0.3) is 0 Å². The third-order valence-corrected chi connectivity index (χ3v) is 3.64. The van der Waals surface area contributed by atoms with E-state index in [1.165, 1.54) is 12.8 Å². The van der Waals surface area contributed by atoms with Gasteiger partial charge in [0.1, 0.15) is 5.75 Å². The van der Waals surface area contributed by atoms with Crippen molar-refractivity contribution in [1.82, 2.24) is 4.90 Å². The van der Waals surface area contributed by atoms with E-state index < -0.39 is 0 Å². The first-order valence-electron chi connectivity index (χ1n) is 7.50. The Balaban J connectivity index is 1.99. The van der Waals surface area contributed by atoms with Gasteiger partial charge in [-0.15, -0.1) is 0 Å². The number of ether oxygens (including phenoxy) is 1. The number of benzene rings is 1. The van der Waals surface area contributed by atoms with Crippen LogP contribution >= 0.6 is 0 Å². The van der Waals surface area contributed by atoms with Crippen LogP contribution < -0.4 is 10.1 Å². The van der Waals surface area contributed by atoms with Crippen LogP contribution in [0.2, 0.25) is 0 Å². The molecule has 0 aliphatic carbocycles. The van der Waals surface area contributed by atoms with Gasteiger partial charge in [-0.25, -0.2) is 4.79 Å². The number of urea groups is 1. The maximum Gasteiger partial charge on any atom is 0.321 e. The van der Waals surface area contributed by atoms with Crippen LogP contribution in [-0.4, -0.2) is 30.6 Å². The maximum atomic E-state index is 12.3.